The first-order chi connectivity index (χ1) is 9.90. The molecule has 0 spiro atoms. The van der Waals surface area contributed by atoms with E-state index in [1.165, 1.54) is 0 Å². The van der Waals surface area contributed by atoms with Crippen molar-refractivity contribution in [3.05, 3.63) is 30.3 Å². The Morgan fingerprint density at radius 1 is 1.05 bits per heavy atom. The van der Waals surface area contributed by atoms with Crippen LogP contribution in [0.1, 0.15) is 20.3 Å². The molecule has 2 atom stereocenters. The van der Waals surface area contributed by atoms with Gasteiger partial charge in [-0.2, -0.15) is 0 Å². The molecule has 0 saturated carbocycles. The largest absolute Gasteiger partial charge is 0.480 e. The molecule has 21 heavy (non-hydrogen) atoms. The van der Waals surface area contributed by atoms with Gasteiger partial charge in [0.05, 0.1) is 0 Å². The van der Waals surface area contributed by atoms with Crippen LogP contribution in [0.3, 0.4) is 0 Å². The summed E-state index contributed by atoms with van der Waals surface area (Å²) in [6, 6.07) is 7.34. The fourth-order valence-corrected chi connectivity index (χ4v) is 1.95. The van der Waals surface area contributed by atoms with Gasteiger partial charge in [0.1, 0.15) is 12.1 Å². The molecule has 0 heterocycles. The number of hydrogen-bond acceptors (Lipinski definition) is 4. The summed E-state index contributed by atoms with van der Waals surface area (Å²) >= 11 is 0. The van der Waals surface area contributed by atoms with Crippen LogP contribution in [0, 0.1) is 5.92 Å². The van der Waals surface area contributed by atoms with E-state index in [9.17, 15) is 14.7 Å². The predicted molar refractivity (Wildman–Crippen MR) is 80.4 cm³/mol. The molecule has 1 rings (SSSR count). The molecular weight excluding hydrogens is 272 g/mol. The molecule has 0 bridgehead atoms. The Hall–Kier alpha value is -2.08. The average Bonchev–Trinajstić information content (AvgIpc) is 2.42. The Kier molecular flexibility index (Phi) is 6.68. The zero-order chi connectivity index (χ0) is 15.8. The van der Waals surface area contributed by atoms with Crippen molar-refractivity contribution in [2.24, 2.45) is 5.92 Å². The van der Waals surface area contributed by atoms with E-state index < -0.39 is 24.0 Å². The molecule has 0 saturated heterocycles. The lowest BCUT2D eigenvalue weighted by atomic mass is 10.0. The van der Waals surface area contributed by atoms with E-state index >= 15 is 0 Å². The summed E-state index contributed by atoms with van der Waals surface area (Å²) in [6.07, 6.45) is 0.379. The lowest BCUT2D eigenvalue weighted by molar-refractivity contribution is -0.142. The summed E-state index contributed by atoms with van der Waals surface area (Å²) in [5, 5.41) is 24.1. The van der Waals surface area contributed by atoms with Crippen LogP contribution in [0.5, 0.6) is 0 Å². The number of nitrogens with one attached hydrogen (secondary N) is 2. The highest BCUT2D eigenvalue weighted by molar-refractivity contribution is 5.78. The molecule has 1 aromatic carbocycles. The Morgan fingerprint density at radius 3 is 2.10 bits per heavy atom. The maximum absolute atomic E-state index is 11.3. The fraction of sp³-hybridized carbons (Fsp3) is 0.467. The second-order valence-corrected chi connectivity index (χ2v) is 5.32. The number of rotatable bonds is 9. The Balaban J connectivity index is 2.63. The standard InChI is InChI=1S/C15H22N2O4/c1-10(2)8-12(14(18)19)17-13(15(20)21)9-16-11-6-4-3-5-7-11/h3-7,10,12-13,16-17H,8-9H2,1-2H3,(H,18,19)(H,20,21)/t12?,13-/m0/s1. The van der Waals surface area contributed by atoms with Crippen LogP contribution in [0.2, 0.25) is 0 Å². The summed E-state index contributed by atoms with van der Waals surface area (Å²) in [4.78, 5) is 22.5. The molecule has 1 aromatic rings. The number of anilines is 1. The van der Waals surface area contributed by atoms with E-state index in [2.05, 4.69) is 10.6 Å². The first-order valence-corrected chi connectivity index (χ1v) is 6.90. The highest BCUT2D eigenvalue weighted by Gasteiger charge is 2.26. The maximum atomic E-state index is 11.3. The van der Waals surface area contributed by atoms with Gasteiger partial charge in [0.2, 0.25) is 0 Å². The zero-order valence-corrected chi connectivity index (χ0v) is 12.2. The van der Waals surface area contributed by atoms with Crippen molar-refractivity contribution in [1.82, 2.24) is 5.32 Å². The van der Waals surface area contributed by atoms with Gasteiger partial charge in [0, 0.05) is 12.2 Å². The van der Waals surface area contributed by atoms with Gasteiger partial charge >= 0.3 is 11.9 Å². The van der Waals surface area contributed by atoms with Gasteiger partial charge in [-0.15, -0.1) is 0 Å². The molecule has 0 radical (unpaired) electrons. The van der Waals surface area contributed by atoms with E-state index in [0.29, 0.717) is 6.42 Å². The van der Waals surface area contributed by atoms with Crippen molar-refractivity contribution < 1.29 is 19.8 Å². The number of carboxylic acids is 2. The topological polar surface area (TPSA) is 98.7 Å². The quantitative estimate of drug-likeness (QED) is 0.552. The average molecular weight is 294 g/mol. The molecule has 0 aliphatic carbocycles. The van der Waals surface area contributed by atoms with E-state index in [-0.39, 0.29) is 12.5 Å². The van der Waals surface area contributed by atoms with E-state index in [1.54, 1.807) is 0 Å². The van der Waals surface area contributed by atoms with E-state index in [1.807, 2.05) is 44.2 Å². The monoisotopic (exact) mass is 294 g/mol. The maximum Gasteiger partial charge on any atom is 0.322 e. The Labute approximate surface area is 124 Å². The summed E-state index contributed by atoms with van der Waals surface area (Å²) in [6.45, 7) is 3.91. The van der Waals surface area contributed by atoms with Gasteiger partial charge in [-0.1, -0.05) is 32.0 Å². The molecule has 116 valence electrons. The fourth-order valence-electron chi connectivity index (χ4n) is 1.95. The van der Waals surface area contributed by atoms with Crippen molar-refractivity contribution in [3.8, 4) is 0 Å². The second kappa shape index (κ2) is 8.26. The molecule has 6 heteroatoms. The molecule has 0 aliphatic rings. The third-order valence-electron chi connectivity index (χ3n) is 2.99. The van der Waals surface area contributed by atoms with E-state index in [4.69, 9.17) is 5.11 Å². The minimum atomic E-state index is -1.08. The SMILES string of the molecule is CC(C)CC(N[C@@H](CNc1ccccc1)C(=O)O)C(=O)O. The zero-order valence-electron chi connectivity index (χ0n) is 12.2. The summed E-state index contributed by atoms with van der Waals surface area (Å²) in [7, 11) is 0. The lowest BCUT2D eigenvalue weighted by Crippen LogP contribution is -2.50. The van der Waals surface area contributed by atoms with Crippen molar-refractivity contribution in [2.75, 3.05) is 11.9 Å². The summed E-state index contributed by atoms with van der Waals surface area (Å²) < 4.78 is 0. The smallest absolute Gasteiger partial charge is 0.322 e. The molecule has 4 N–H and O–H groups in total. The van der Waals surface area contributed by atoms with Gasteiger partial charge in [-0.3, -0.25) is 14.9 Å². The third kappa shape index (κ3) is 6.27. The molecule has 0 aromatic heterocycles. The van der Waals surface area contributed by atoms with Crippen LogP contribution in [-0.2, 0) is 9.59 Å². The van der Waals surface area contributed by atoms with Crippen molar-refractivity contribution in [2.45, 2.75) is 32.4 Å². The Morgan fingerprint density at radius 2 is 1.62 bits per heavy atom. The molecular formula is C15H22N2O4. The third-order valence-corrected chi connectivity index (χ3v) is 2.99. The molecule has 0 amide bonds. The van der Waals surface area contributed by atoms with Crippen LogP contribution < -0.4 is 10.6 Å². The first-order valence-electron chi connectivity index (χ1n) is 6.90. The van der Waals surface area contributed by atoms with Crippen LogP contribution in [0.15, 0.2) is 30.3 Å². The molecule has 1 unspecified atom stereocenters. The molecule has 0 fully saturated rings. The van der Waals surface area contributed by atoms with Gasteiger partial charge < -0.3 is 15.5 Å². The van der Waals surface area contributed by atoms with Crippen LogP contribution in [-0.4, -0.2) is 40.8 Å². The number of para-hydroxylation sites is 1. The summed E-state index contributed by atoms with van der Waals surface area (Å²) in [5.41, 5.74) is 0.793. The highest BCUT2D eigenvalue weighted by atomic mass is 16.4. The van der Waals surface area contributed by atoms with Crippen LogP contribution in [0.4, 0.5) is 5.69 Å². The van der Waals surface area contributed by atoms with Crippen molar-refractivity contribution in [3.63, 3.8) is 0 Å². The van der Waals surface area contributed by atoms with Gasteiger partial charge in [-0.05, 0) is 24.5 Å². The van der Waals surface area contributed by atoms with Gasteiger partial charge in [0.25, 0.3) is 0 Å². The lowest BCUT2D eigenvalue weighted by Gasteiger charge is -2.22. The first kappa shape index (κ1) is 17.0. The second-order valence-electron chi connectivity index (χ2n) is 5.32. The number of hydrogen-bond donors (Lipinski definition) is 4. The number of aliphatic carboxylic acids is 2. The van der Waals surface area contributed by atoms with Crippen LogP contribution >= 0.6 is 0 Å². The van der Waals surface area contributed by atoms with Crippen LogP contribution in [0.25, 0.3) is 0 Å². The normalized spacial score (nSPS) is 13.7. The summed E-state index contributed by atoms with van der Waals surface area (Å²) in [5.74, 6) is -1.95. The molecule has 6 nitrogen and oxygen atoms in total. The van der Waals surface area contributed by atoms with Crippen molar-refractivity contribution in [1.29, 1.82) is 0 Å². The number of carboxylic acid groups (broad SMARTS) is 2. The number of carbonyl (C=O) groups is 2. The Bertz CT molecular complexity index is 462. The minimum absolute atomic E-state index is 0.112. The van der Waals surface area contributed by atoms with Gasteiger partial charge in [0.15, 0.2) is 0 Å². The predicted octanol–water partition coefficient (Wildman–Crippen LogP) is 1.64. The van der Waals surface area contributed by atoms with Crippen molar-refractivity contribution >= 4 is 17.6 Å². The van der Waals surface area contributed by atoms with Gasteiger partial charge in [-0.25, -0.2) is 0 Å². The number of benzene rings is 1. The molecule has 0 aliphatic heterocycles. The highest BCUT2D eigenvalue weighted by Crippen LogP contribution is 2.08. The minimum Gasteiger partial charge on any atom is -0.480 e. The van der Waals surface area contributed by atoms with E-state index in [0.717, 1.165) is 5.69 Å².